The van der Waals surface area contributed by atoms with Crippen LogP contribution in [0.2, 0.25) is 0 Å². The van der Waals surface area contributed by atoms with Gasteiger partial charge in [-0.2, -0.15) is 5.10 Å². The van der Waals surface area contributed by atoms with E-state index in [-0.39, 0.29) is 16.4 Å². The molecule has 3 heterocycles. The summed E-state index contributed by atoms with van der Waals surface area (Å²) in [7, 11) is -6.15. The molecular weight excluding hydrogens is 484 g/mol. The Morgan fingerprint density at radius 3 is 2.37 bits per heavy atom. The van der Waals surface area contributed by atoms with Gasteiger partial charge in [0.05, 0.1) is 16.4 Å². The first kappa shape index (κ1) is 23.7. The molecule has 1 saturated heterocycles. The zero-order valence-electron chi connectivity index (χ0n) is 19.3. The Balaban J connectivity index is 1.36. The molecule has 0 radical (unpaired) electrons. The number of fused-ring (bicyclic) bond motifs is 1. The second kappa shape index (κ2) is 9.18. The third-order valence-electron chi connectivity index (χ3n) is 6.20. The molecule has 1 aliphatic rings. The highest BCUT2D eigenvalue weighted by molar-refractivity contribution is 7.91. The maximum absolute atomic E-state index is 11.8. The van der Waals surface area contributed by atoms with E-state index in [1.54, 1.807) is 28.8 Å². The Bertz CT molecular complexity index is 1580. The van der Waals surface area contributed by atoms with Crippen LogP contribution in [0.4, 0.5) is 0 Å². The Kier molecular flexibility index (Phi) is 6.20. The van der Waals surface area contributed by atoms with Crippen molar-refractivity contribution in [2.24, 2.45) is 0 Å². The molecule has 0 amide bonds. The highest BCUT2D eigenvalue weighted by Gasteiger charge is 2.21. The van der Waals surface area contributed by atoms with Crippen LogP contribution in [0.15, 0.2) is 71.8 Å². The summed E-state index contributed by atoms with van der Waals surface area (Å²) in [6, 6.07) is 18.9. The number of rotatable bonds is 6. The Labute approximate surface area is 205 Å². The third kappa shape index (κ3) is 5.44. The van der Waals surface area contributed by atoms with E-state index in [0.717, 1.165) is 28.8 Å². The number of hydrogen-bond donors (Lipinski definition) is 0. The topological polar surface area (TPSA) is 102 Å². The molecule has 2 aromatic carbocycles. The molecule has 0 unspecified atom stereocenters. The van der Waals surface area contributed by atoms with Crippen molar-refractivity contribution in [2.45, 2.75) is 17.9 Å². The van der Waals surface area contributed by atoms with Crippen LogP contribution in [0.5, 0.6) is 0 Å². The Hall–Kier alpha value is -3.08. The van der Waals surface area contributed by atoms with Crippen LogP contribution in [0.1, 0.15) is 17.0 Å². The lowest BCUT2D eigenvalue weighted by atomic mass is 10.1. The number of pyridine rings is 1. The van der Waals surface area contributed by atoms with Crippen molar-refractivity contribution in [2.75, 3.05) is 30.9 Å². The lowest BCUT2D eigenvalue weighted by Crippen LogP contribution is -2.39. The molecule has 182 valence electrons. The van der Waals surface area contributed by atoms with Gasteiger partial charge in [-0.25, -0.2) is 26.3 Å². The summed E-state index contributed by atoms with van der Waals surface area (Å²) in [6.07, 6.45) is 3.61. The van der Waals surface area contributed by atoms with Crippen LogP contribution in [0.25, 0.3) is 16.8 Å². The molecule has 1 aliphatic heterocycles. The average Bonchev–Trinajstić information content (AvgIpc) is 3.23. The van der Waals surface area contributed by atoms with E-state index in [2.05, 4.69) is 22.1 Å². The fourth-order valence-corrected chi connectivity index (χ4v) is 6.23. The highest BCUT2D eigenvalue weighted by atomic mass is 32.2. The molecule has 0 spiro atoms. The zero-order chi connectivity index (χ0) is 24.6. The summed E-state index contributed by atoms with van der Waals surface area (Å²) >= 11 is 0. The molecule has 0 saturated carbocycles. The molecule has 0 aliphatic carbocycles. The molecule has 8 nitrogen and oxygen atoms in total. The van der Waals surface area contributed by atoms with Crippen LogP contribution in [-0.4, -0.2) is 67.2 Å². The fraction of sp³-hybridized carbons (Fsp3) is 0.280. The zero-order valence-corrected chi connectivity index (χ0v) is 21.0. The third-order valence-corrected chi connectivity index (χ3v) is 8.93. The Morgan fingerprint density at radius 1 is 0.943 bits per heavy atom. The SMILES string of the molecule is CS(=O)(=O)c1ccc(-c2cccn3nc(Cc4cccc(CN5CCS(=O)(=O)CC5)c4)nc23)cc1. The monoisotopic (exact) mass is 510 g/mol. The van der Waals surface area contributed by atoms with Gasteiger partial charge in [-0.1, -0.05) is 36.4 Å². The van der Waals surface area contributed by atoms with Gasteiger partial charge in [0, 0.05) is 44.1 Å². The number of sulfone groups is 2. The molecule has 0 bridgehead atoms. The van der Waals surface area contributed by atoms with Crippen LogP contribution in [-0.2, 0) is 32.6 Å². The van der Waals surface area contributed by atoms with Crippen molar-refractivity contribution >= 4 is 25.3 Å². The molecule has 2 aromatic heterocycles. The lowest BCUT2D eigenvalue weighted by molar-refractivity contribution is 0.287. The molecule has 0 N–H and O–H groups in total. The van der Waals surface area contributed by atoms with Crippen molar-refractivity contribution in [3.8, 4) is 11.1 Å². The molecule has 0 atom stereocenters. The van der Waals surface area contributed by atoms with Crippen molar-refractivity contribution in [3.05, 3.63) is 83.8 Å². The van der Waals surface area contributed by atoms with Crippen molar-refractivity contribution in [1.82, 2.24) is 19.5 Å². The highest BCUT2D eigenvalue weighted by Crippen LogP contribution is 2.25. The van der Waals surface area contributed by atoms with Gasteiger partial charge in [-0.15, -0.1) is 0 Å². The smallest absolute Gasteiger partial charge is 0.175 e. The van der Waals surface area contributed by atoms with Gasteiger partial charge < -0.3 is 0 Å². The summed E-state index contributed by atoms with van der Waals surface area (Å²) in [5.41, 5.74) is 4.67. The maximum Gasteiger partial charge on any atom is 0.175 e. The first-order chi connectivity index (χ1) is 16.7. The molecule has 10 heteroatoms. The van der Waals surface area contributed by atoms with E-state index < -0.39 is 19.7 Å². The van der Waals surface area contributed by atoms with E-state index in [9.17, 15) is 16.8 Å². The molecule has 1 fully saturated rings. The van der Waals surface area contributed by atoms with Crippen molar-refractivity contribution in [1.29, 1.82) is 0 Å². The van der Waals surface area contributed by atoms with Crippen LogP contribution in [0.3, 0.4) is 0 Å². The molecule has 35 heavy (non-hydrogen) atoms. The summed E-state index contributed by atoms with van der Waals surface area (Å²) in [5, 5.41) is 4.64. The normalized spacial score (nSPS) is 16.5. The second-order valence-corrected chi connectivity index (χ2v) is 13.3. The summed E-state index contributed by atoms with van der Waals surface area (Å²) in [4.78, 5) is 7.22. The van der Waals surface area contributed by atoms with Gasteiger partial charge in [0.1, 0.15) is 0 Å². The van der Waals surface area contributed by atoms with Gasteiger partial charge in [0.2, 0.25) is 0 Å². The number of benzene rings is 2. The minimum atomic E-state index is -3.26. The largest absolute Gasteiger partial charge is 0.297 e. The number of nitrogens with zero attached hydrogens (tertiary/aromatic N) is 4. The van der Waals surface area contributed by atoms with Crippen molar-refractivity contribution < 1.29 is 16.8 Å². The van der Waals surface area contributed by atoms with Crippen LogP contribution in [0, 0.1) is 0 Å². The van der Waals surface area contributed by atoms with E-state index in [4.69, 9.17) is 4.98 Å². The quantitative estimate of drug-likeness (QED) is 0.393. The minimum Gasteiger partial charge on any atom is -0.297 e. The maximum atomic E-state index is 11.8. The van der Waals surface area contributed by atoms with E-state index in [0.29, 0.717) is 31.0 Å². The predicted octanol–water partition coefficient (Wildman–Crippen LogP) is 2.62. The van der Waals surface area contributed by atoms with Crippen LogP contribution < -0.4 is 0 Å². The summed E-state index contributed by atoms with van der Waals surface area (Å²) in [5.74, 6) is 1.13. The molecular formula is C25H26N4O4S2. The molecule has 4 aromatic rings. The second-order valence-electron chi connectivity index (χ2n) is 8.94. The van der Waals surface area contributed by atoms with E-state index >= 15 is 0 Å². The number of aromatic nitrogens is 3. The predicted molar refractivity (Wildman–Crippen MR) is 135 cm³/mol. The number of hydrogen-bond acceptors (Lipinski definition) is 7. The fourth-order valence-electron chi connectivity index (χ4n) is 4.32. The van der Waals surface area contributed by atoms with Gasteiger partial charge in [0.15, 0.2) is 31.1 Å². The van der Waals surface area contributed by atoms with E-state index in [1.807, 2.05) is 30.5 Å². The standard InChI is InChI=1S/C25H26N4O4S2/c1-34(30,31)22-9-7-21(8-10-22)23-6-3-11-29-25(23)26-24(27-29)17-19-4-2-5-20(16-19)18-28-12-14-35(32,33)15-13-28/h2-11,16H,12-15,17-18H2,1H3. The lowest BCUT2D eigenvalue weighted by Gasteiger charge is -2.26. The van der Waals surface area contributed by atoms with Crippen LogP contribution >= 0.6 is 0 Å². The van der Waals surface area contributed by atoms with E-state index in [1.165, 1.54) is 6.26 Å². The summed E-state index contributed by atoms with van der Waals surface area (Å²) in [6.45, 7) is 1.85. The Morgan fingerprint density at radius 2 is 1.66 bits per heavy atom. The average molecular weight is 511 g/mol. The minimum absolute atomic E-state index is 0.219. The van der Waals surface area contributed by atoms with Gasteiger partial charge in [-0.3, -0.25) is 4.90 Å². The summed E-state index contributed by atoms with van der Waals surface area (Å²) < 4.78 is 48.7. The van der Waals surface area contributed by atoms with Gasteiger partial charge >= 0.3 is 0 Å². The first-order valence-electron chi connectivity index (χ1n) is 11.3. The first-order valence-corrected chi connectivity index (χ1v) is 15.0. The van der Waals surface area contributed by atoms with Crippen molar-refractivity contribution in [3.63, 3.8) is 0 Å². The van der Waals surface area contributed by atoms with Gasteiger partial charge in [0.25, 0.3) is 0 Å². The van der Waals surface area contributed by atoms with Gasteiger partial charge in [-0.05, 0) is 41.0 Å². The molecule has 5 rings (SSSR count).